The van der Waals surface area contributed by atoms with Crippen molar-refractivity contribution >= 4 is 23.4 Å². The van der Waals surface area contributed by atoms with E-state index in [0.717, 1.165) is 16.3 Å². The van der Waals surface area contributed by atoms with Gasteiger partial charge in [-0.15, -0.1) is 0 Å². The lowest BCUT2D eigenvalue weighted by atomic mass is 10.2. The van der Waals surface area contributed by atoms with Crippen molar-refractivity contribution in [1.82, 2.24) is 9.97 Å². The molecule has 0 aliphatic heterocycles. The van der Waals surface area contributed by atoms with Crippen LogP contribution in [0.4, 0.5) is 5.69 Å². The molecule has 0 spiro atoms. The number of rotatable bonds is 3. The molecule has 2 aromatic rings. The summed E-state index contributed by atoms with van der Waals surface area (Å²) in [6, 6.07) is 6.70. The lowest BCUT2D eigenvalue weighted by molar-refractivity contribution is 0.0698. The monoisotopic (exact) mass is 275 g/mol. The second-order valence-corrected chi connectivity index (χ2v) is 5.13. The van der Waals surface area contributed by atoms with Crippen LogP contribution in [-0.4, -0.2) is 21.0 Å². The molecule has 0 fully saturated rings. The molecule has 3 N–H and O–H groups in total. The van der Waals surface area contributed by atoms with Crippen molar-refractivity contribution in [2.45, 2.75) is 23.9 Å². The van der Waals surface area contributed by atoms with E-state index in [-0.39, 0.29) is 11.3 Å². The average Bonchev–Trinajstić information content (AvgIpc) is 2.26. The minimum atomic E-state index is -1.03. The summed E-state index contributed by atoms with van der Waals surface area (Å²) in [5, 5.41) is 9.53. The van der Waals surface area contributed by atoms with Crippen molar-refractivity contribution in [3.63, 3.8) is 0 Å². The van der Waals surface area contributed by atoms with E-state index in [1.807, 2.05) is 19.9 Å². The van der Waals surface area contributed by atoms with E-state index < -0.39 is 5.97 Å². The number of hydrogen-bond donors (Lipinski definition) is 2. The fraction of sp³-hybridized carbons (Fsp3) is 0.154. The van der Waals surface area contributed by atoms with E-state index in [4.69, 9.17) is 10.8 Å². The molecule has 2 rings (SSSR count). The third kappa shape index (κ3) is 3.23. The van der Waals surface area contributed by atoms with Crippen LogP contribution in [0.15, 0.2) is 34.3 Å². The summed E-state index contributed by atoms with van der Waals surface area (Å²) in [7, 11) is 0. The first-order valence-electron chi connectivity index (χ1n) is 5.58. The van der Waals surface area contributed by atoms with Gasteiger partial charge in [0.2, 0.25) is 0 Å². The number of carboxylic acid groups (broad SMARTS) is 1. The van der Waals surface area contributed by atoms with Crippen LogP contribution in [0.25, 0.3) is 0 Å². The number of anilines is 1. The minimum absolute atomic E-state index is 0.102. The Morgan fingerprint density at radius 3 is 2.37 bits per heavy atom. The van der Waals surface area contributed by atoms with Crippen LogP contribution in [0.1, 0.15) is 21.7 Å². The molecule has 0 saturated carbocycles. The molecule has 1 heterocycles. The summed E-state index contributed by atoms with van der Waals surface area (Å²) >= 11 is 1.36. The number of aromatic carboxylic acids is 1. The standard InChI is InChI=1S/C13H13N3O2S/c1-7-5-8(2)16-13(15-7)19-9-3-4-10(12(17)18)11(14)6-9/h3-6H,14H2,1-2H3,(H,17,18). The van der Waals surface area contributed by atoms with Crippen LogP contribution in [0.2, 0.25) is 0 Å². The maximum atomic E-state index is 10.9. The zero-order valence-corrected chi connectivity index (χ0v) is 11.4. The summed E-state index contributed by atoms with van der Waals surface area (Å²) in [6.45, 7) is 3.81. The highest BCUT2D eigenvalue weighted by molar-refractivity contribution is 7.99. The molecule has 1 aromatic heterocycles. The second-order valence-electron chi connectivity index (χ2n) is 4.09. The molecule has 0 aliphatic carbocycles. The maximum Gasteiger partial charge on any atom is 0.337 e. The smallest absolute Gasteiger partial charge is 0.337 e. The Kier molecular flexibility index (Phi) is 3.71. The van der Waals surface area contributed by atoms with E-state index in [1.165, 1.54) is 17.8 Å². The Morgan fingerprint density at radius 2 is 1.84 bits per heavy atom. The quantitative estimate of drug-likeness (QED) is 0.661. The van der Waals surface area contributed by atoms with Crippen molar-refractivity contribution in [1.29, 1.82) is 0 Å². The first-order valence-corrected chi connectivity index (χ1v) is 6.40. The molecule has 5 nitrogen and oxygen atoms in total. The van der Waals surface area contributed by atoms with E-state index in [2.05, 4.69) is 9.97 Å². The molecular weight excluding hydrogens is 262 g/mol. The van der Waals surface area contributed by atoms with Crippen molar-refractivity contribution in [3.8, 4) is 0 Å². The first kappa shape index (κ1) is 13.4. The SMILES string of the molecule is Cc1cc(C)nc(Sc2ccc(C(=O)O)c(N)c2)n1. The average molecular weight is 275 g/mol. The zero-order chi connectivity index (χ0) is 14.0. The molecule has 0 unspecified atom stereocenters. The van der Waals surface area contributed by atoms with Crippen LogP contribution >= 0.6 is 11.8 Å². The molecule has 0 radical (unpaired) electrons. The summed E-state index contributed by atoms with van der Waals surface area (Å²) < 4.78 is 0. The van der Waals surface area contributed by atoms with E-state index in [9.17, 15) is 4.79 Å². The van der Waals surface area contributed by atoms with E-state index in [0.29, 0.717) is 5.16 Å². The maximum absolute atomic E-state index is 10.9. The highest BCUT2D eigenvalue weighted by atomic mass is 32.2. The first-order chi connectivity index (χ1) is 8.95. The fourth-order valence-corrected chi connectivity index (χ4v) is 2.56. The van der Waals surface area contributed by atoms with Crippen molar-refractivity contribution in [3.05, 3.63) is 41.2 Å². The highest BCUT2D eigenvalue weighted by Crippen LogP contribution is 2.28. The van der Waals surface area contributed by atoms with Gasteiger partial charge in [-0.25, -0.2) is 14.8 Å². The third-order valence-corrected chi connectivity index (χ3v) is 3.28. The van der Waals surface area contributed by atoms with Gasteiger partial charge in [-0.2, -0.15) is 0 Å². The largest absolute Gasteiger partial charge is 0.478 e. The van der Waals surface area contributed by atoms with Crippen molar-refractivity contribution in [2.75, 3.05) is 5.73 Å². The van der Waals surface area contributed by atoms with Crippen LogP contribution in [0, 0.1) is 13.8 Å². The summed E-state index contributed by atoms with van der Waals surface area (Å²) in [6.07, 6.45) is 0. The molecule has 1 aromatic carbocycles. The Bertz CT molecular complexity index is 624. The van der Waals surface area contributed by atoms with Gasteiger partial charge in [0.25, 0.3) is 0 Å². The van der Waals surface area contributed by atoms with Gasteiger partial charge < -0.3 is 10.8 Å². The van der Waals surface area contributed by atoms with Gasteiger partial charge in [-0.3, -0.25) is 0 Å². The van der Waals surface area contributed by atoms with Gasteiger partial charge in [-0.1, -0.05) is 0 Å². The molecule has 0 bridgehead atoms. The topological polar surface area (TPSA) is 89.1 Å². The predicted octanol–water partition coefficient (Wildman–Crippen LogP) is 2.53. The van der Waals surface area contributed by atoms with Crippen LogP contribution in [0.3, 0.4) is 0 Å². The minimum Gasteiger partial charge on any atom is -0.478 e. The normalized spacial score (nSPS) is 10.4. The summed E-state index contributed by atoms with van der Waals surface area (Å²) in [4.78, 5) is 20.3. The molecular formula is C13H13N3O2S. The Labute approximate surface area is 114 Å². The molecule has 0 amide bonds. The van der Waals surface area contributed by atoms with Gasteiger partial charge in [0.05, 0.1) is 5.56 Å². The summed E-state index contributed by atoms with van der Waals surface area (Å²) in [5.74, 6) is -1.03. The number of carboxylic acids is 1. The number of nitrogen functional groups attached to an aromatic ring is 1. The van der Waals surface area contributed by atoms with Crippen molar-refractivity contribution < 1.29 is 9.90 Å². The molecule has 98 valence electrons. The third-order valence-electron chi connectivity index (χ3n) is 2.42. The zero-order valence-electron chi connectivity index (χ0n) is 10.5. The number of nitrogens with zero attached hydrogens (tertiary/aromatic N) is 2. The second kappa shape index (κ2) is 5.27. The number of benzene rings is 1. The van der Waals surface area contributed by atoms with Gasteiger partial charge in [0.1, 0.15) is 0 Å². The van der Waals surface area contributed by atoms with Gasteiger partial charge in [-0.05, 0) is 49.9 Å². The van der Waals surface area contributed by atoms with Crippen molar-refractivity contribution in [2.24, 2.45) is 0 Å². The molecule has 0 saturated heterocycles. The molecule has 19 heavy (non-hydrogen) atoms. The van der Waals surface area contributed by atoms with Gasteiger partial charge >= 0.3 is 5.97 Å². The Hall–Kier alpha value is -2.08. The fourth-order valence-electron chi connectivity index (χ4n) is 1.64. The van der Waals surface area contributed by atoms with Crippen LogP contribution in [-0.2, 0) is 0 Å². The van der Waals surface area contributed by atoms with Gasteiger partial charge in [0, 0.05) is 22.0 Å². The number of aryl methyl sites for hydroxylation is 2. The Morgan fingerprint density at radius 1 is 1.21 bits per heavy atom. The Balaban J connectivity index is 2.28. The molecule has 0 atom stereocenters. The van der Waals surface area contributed by atoms with E-state index in [1.54, 1.807) is 12.1 Å². The number of nitrogens with two attached hydrogens (primary N) is 1. The number of aromatic nitrogens is 2. The number of hydrogen-bond acceptors (Lipinski definition) is 5. The summed E-state index contributed by atoms with van der Waals surface area (Å²) in [5.41, 5.74) is 7.83. The highest BCUT2D eigenvalue weighted by Gasteiger charge is 2.09. The lowest BCUT2D eigenvalue weighted by Gasteiger charge is -2.05. The van der Waals surface area contributed by atoms with Crippen LogP contribution in [0.5, 0.6) is 0 Å². The van der Waals surface area contributed by atoms with E-state index >= 15 is 0 Å². The number of carbonyl (C=O) groups is 1. The van der Waals surface area contributed by atoms with Gasteiger partial charge in [0.15, 0.2) is 5.16 Å². The predicted molar refractivity (Wildman–Crippen MR) is 73.4 cm³/mol. The molecule has 6 heteroatoms. The van der Waals surface area contributed by atoms with Crippen LogP contribution < -0.4 is 5.73 Å². The lowest BCUT2D eigenvalue weighted by Crippen LogP contribution is -2.02. The molecule has 0 aliphatic rings.